The van der Waals surface area contributed by atoms with Crippen molar-refractivity contribution in [1.82, 2.24) is 10.6 Å². The van der Waals surface area contributed by atoms with Gasteiger partial charge < -0.3 is 39.1 Å². The molecule has 1 aliphatic rings. The van der Waals surface area contributed by atoms with Gasteiger partial charge in [-0.15, -0.1) is 0 Å². The van der Waals surface area contributed by atoms with Crippen LogP contribution in [0.15, 0.2) is 60.7 Å². The lowest BCUT2D eigenvalue weighted by Crippen LogP contribution is -2.63. The summed E-state index contributed by atoms with van der Waals surface area (Å²) < 4.78 is 31.6. The minimum absolute atomic E-state index is 0.0815. The van der Waals surface area contributed by atoms with Crippen molar-refractivity contribution >= 4 is 58.5 Å². The predicted octanol–water partition coefficient (Wildman–Crippen LogP) is 2.49. The number of alkyl halides is 1. The number of carbonyl (C=O) groups excluding carboxylic acids is 6. The third kappa shape index (κ3) is 11.9. The number of amides is 2. The number of halogens is 1. The maximum atomic E-state index is 13.3. The Kier molecular flexibility index (Phi) is 14.2. The van der Waals surface area contributed by atoms with Gasteiger partial charge in [-0.1, -0.05) is 83.3 Å². The fraction of sp³-hybridized carbons (Fsp3) is 0.419. The Morgan fingerprint density at radius 1 is 0.761 bits per heavy atom. The maximum Gasteiger partial charge on any atom is 0.408 e. The number of hydrogen-bond acceptors (Lipinski definition) is 12. The van der Waals surface area contributed by atoms with Gasteiger partial charge in [-0.2, -0.15) is 0 Å². The molecule has 248 valence electrons. The van der Waals surface area contributed by atoms with E-state index >= 15 is 0 Å². The Morgan fingerprint density at radius 2 is 1.30 bits per heavy atom. The summed E-state index contributed by atoms with van der Waals surface area (Å²) in [5.74, 6) is -3.69. The van der Waals surface area contributed by atoms with E-state index in [-0.39, 0.29) is 19.8 Å². The molecule has 0 saturated carbocycles. The molecule has 0 unspecified atom stereocenters. The van der Waals surface area contributed by atoms with Gasteiger partial charge in [0.05, 0.1) is 10.3 Å². The van der Waals surface area contributed by atoms with E-state index in [1.165, 1.54) is 6.92 Å². The average Bonchev–Trinajstić information content (AvgIpc) is 3.01. The van der Waals surface area contributed by atoms with Crippen molar-refractivity contribution in [2.24, 2.45) is 0 Å². The molecule has 0 spiro atoms. The molecule has 2 aromatic rings. The zero-order chi connectivity index (χ0) is 33.6. The third-order valence-electron chi connectivity index (χ3n) is 6.38. The van der Waals surface area contributed by atoms with Crippen molar-refractivity contribution in [1.29, 1.82) is 0 Å². The van der Waals surface area contributed by atoms with E-state index in [0.29, 0.717) is 11.1 Å². The number of nitrogens with one attached hydrogen (secondary N) is 2. The Hall–Kier alpha value is -4.25. The summed E-state index contributed by atoms with van der Waals surface area (Å²) in [6.07, 6.45) is -6.13. The smallest absolute Gasteiger partial charge is 0.408 e. The minimum atomic E-state index is -1.46. The van der Waals surface area contributed by atoms with Gasteiger partial charge >= 0.3 is 30.0 Å². The molecular weight excluding hydrogens is 719 g/mol. The SMILES string of the molecule is CC(=O)OC[C@H]1O[C@@H](NC(=O)C[C@H](NC(=O)OCc2ccccc2)C(=O)OCc2ccccc2)[C@@H](I)[C@@H](OC(C)=O)[C@@H]1OC(C)=O. The highest BCUT2D eigenvalue weighted by Gasteiger charge is 2.50. The lowest BCUT2D eigenvalue weighted by molar-refractivity contribution is -0.214. The van der Waals surface area contributed by atoms with Gasteiger partial charge in [-0.25, -0.2) is 9.59 Å². The third-order valence-corrected chi connectivity index (χ3v) is 7.74. The number of alkyl carbamates (subject to hydrolysis) is 1. The van der Waals surface area contributed by atoms with Gasteiger partial charge in [0.2, 0.25) is 5.91 Å². The van der Waals surface area contributed by atoms with Crippen LogP contribution in [0.3, 0.4) is 0 Å². The van der Waals surface area contributed by atoms with Crippen LogP contribution in [-0.4, -0.2) is 77.0 Å². The van der Waals surface area contributed by atoms with Crippen LogP contribution >= 0.6 is 22.6 Å². The minimum Gasteiger partial charge on any atom is -0.463 e. The maximum absolute atomic E-state index is 13.3. The van der Waals surface area contributed by atoms with Crippen molar-refractivity contribution in [2.75, 3.05) is 6.61 Å². The van der Waals surface area contributed by atoms with Gasteiger partial charge in [0, 0.05) is 20.8 Å². The average molecular weight is 755 g/mol. The molecule has 6 atom stereocenters. The van der Waals surface area contributed by atoms with Crippen LogP contribution in [0.5, 0.6) is 0 Å². The van der Waals surface area contributed by atoms with Crippen LogP contribution in [0.25, 0.3) is 0 Å². The van der Waals surface area contributed by atoms with E-state index in [9.17, 15) is 28.8 Å². The molecule has 3 rings (SSSR count). The zero-order valence-corrected chi connectivity index (χ0v) is 27.5. The van der Waals surface area contributed by atoms with Gasteiger partial charge in [-0.3, -0.25) is 19.2 Å². The van der Waals surface area contributed by atoms with E-state index in [1.54, 1.807) is 60.7 Å². The summed E-state index contributed by atoms with van der Waals surface area (Å²) in [6.45, 7) is 2.90. The molecule has 0 aliphatic carbocycles. The molecule has 2 aromatic carbocycles. The lowest BCUT2D eigenvalue weighted by Gasteiger charge is -2.43. The van der Waals surface area contributed by atoms with Crippen molar-refractivity contribution in [2.45, 2.75) is 74.9 Å². The van der Waals surface area contributed by atoms with E-state index in [4.69, 9.17) is 28.4 Å². The topological polar surface area (TPSA) is 182 Å². The van der Waals surface area contributed by atoms with E-state index in [2.05, 4.69) is 10.6 Å². The second-order valence-electron chi connectivity index (χ2n) is 10.1. The normalized spacial score (nSPS) is 21.1. The van der Waals surface area contributed by atoms with Gasteiger partial charge in [0.1, 0.15) is 38.2 Å². The van der Waals surface area contributed by atoms with Crippen LogP contribution in [-0.2, 0) is 65.6 Å². The predicted molar refractivity (Wildman–Crippen MR) is 167 cm³/mol. The molecule has 1 fully saturated rings. The fourth-order valence-electron chi connectivity index (χ4n) is 4.34. The standard InChI is InChI=1S/C31H35IN2O12/c1-18(35)41-17-24-27(44-19(2)36)28(45-20(3)37)26(32)29(46-24)34-25(38)14-23(30(39)42-15-21-10-6-4-7-11-21)33-31(40)43-16-22-12-8-5-9-13-22/h4-13,23-24,26-29H,14-17H2,1-3H3,(H,33,40)(H,34,38)/t23-,24+,26-,27+,28+,29+/m0/s1. The lowest BCUT2D eigenvalue weighted by atomic mass is 10.00. The highest BCUT2D eigenvalue weighted by Crippen LogP contribution is 2.31. The molecule has 1 heterocycles. The number of carbonyl (C=O) groups is 6. The summed E-state index contributed by atoms with van der Waals surface area (Å²) in [6, 6.07) is 16.2. The Balaban J connectivity index is 1.74. The monoisotopic (exact) mass is 754 g/mol. The van der Waals surface area contributed by atoms with Crippen LogP contribution in [0.1, 0.15) is 38.3 Å². The molecule has 0 bridgehead atoms. The van der Waals surface area contributed by atoms with E-state index in [1.807, 2.05) is 22.6 Å². The van der Waals surface area contributed by atoms with Gasteiger partial charge in [0.15, 0.2) is 12.2 Å². The van der Waals surface area contributed by atoms with Crippen molar-refractivity contribution in [3.8, 4) is 0 Å². The number of benzene rings is 2. The van der Waals surface area contributed by atoms with Gasteiger partial charge in [0.25, 0.3) is 0 Å². The molecule has 0 aromatic heterocycles. The van der Waals surface area contributed by atoms with Crippen molar-refractivity contribution in [3.63, 3.8) is 0 Å². The number of hydrogen-bond donors (Lipinski definition) is 2. The highest BCUT2D eigenvalue weighted by molar-refractivity contribution is 14.1. The molecule has 1 aliphatic heterocycles. The molecule has 2 N–H and O–H groups in total. The number of rotatable bonds is 13. The number of esters is 4. The highest BCUT2D eigenvalue weighted by atomic mass is 127. The first-order chi connectivity index (χ1) is 21.9. The zero-order valence-electron chi connectivity index (χ0n) is 25.3. The van der Waals surface area contributed by atoms with Crippen LogP contribution in [0, 0.1) is 0 Å². The van der Waals surface area contributed by atoms with Crippen molar-refractivity contribution in [3.05, 3.63) is 71.8 Å². The van der Waals surface area contributed by atoms with Crippen LogP contribution in [0.4, 0.5) is 4.79 Å². The van der Waals surface area contributed by atoms with Crippen LogP contribution in [0.2, 0.25) is 0 Å². The Bertz CT molecular complexity index is 1360. The second kappa shape index (κ2) is 18.0. The largest absolute Gasteiger partial charge is 0.463 e. The van der Waals surface area contributed by atoms with Gasteiger partial charge in [-0.05, 0) is 11.1 Å². The molecule has 15 heteroatoms. The summed E-state index contributed by atoms with van der Waals surface area (Å²) >= 11 is 1.87. The first kappa shape index (κ1) is 36.2. The molecular formula is C31H35IN2O12. The number of ether oxygens (including phenoxy) is 6. The first-order valence-electron chi connectivity index (χ1n) is 14.2. The molecule has 14 nitrogen and oxygen atoms in total. The Labute approximate surface area is 278 Å². The molecule has 2 amide bonds. The fourth-order valence-corrected chi connectivity index (χ4v) is 5.25. The first-order valence-corrected chi connectivity index (χ1v) is 15.4. The molecule has 0 radical (unpaired) electrons. The molecule has 1 saturated heterocycles. The summed E-state index contributed by atoms with van der Waals surface area (Å²) in [5.41, 5.74) is 1.39. The quantitative estimate of drug-likeness (QED) is 0.132. The van der Waals surface area contributed by atoms with Crippen LogP contribution < -0.4 is 10.6 Å². The summed E-state index contributed by atoms with van der Waals surface area (Å²) in [4.78, 5) is 74.3. The van der Waals surface area contributed by atoms with E-state index in [0.717, 1.165) is 13.8 Å². The Morgan fingerprint density at radius 3 is 1.85 bits per heavy atom. The second-order valence-corrected chi connectivity index (χ2v) is 11.6. The van der Waals surface area contributed by atoms with Crippen molar-refractivity contribution < 1.29 is 57.2 Å². The van der Waals surface area contributed by atoms with E-state index < -0.39 is 76.8 Å². The molecule has 46 heavy (non-hydrogen) atoms. The summed E-state index contributed by atoms with van der Waals surface area (Å²) in [7, 11) is 0. The summed E-state index contributed by atoms with van der Waals surface area (Å²) in [5, 5.41) is 5.00.